The highest BCUT2D eigenvalue weighted by Crippen LogP contribution is 2.32. The van der Waals surface area contributed by atoms with Gasteiger partial charge in [-0.1, -0.05) is 47.6 Å². The van der Waals surface area contributed by atoms with Crippen molar-refractivity contribution in [2.24, 2.45) is 35.3 Å². The number of benzene rings is 1. The van der Waals surface area contributed by atoms with E-state index in [0.717, 1.165) is 24.8 Å². The average Bonchev–Trinajstić information content (AvgIpc) is 3.07. The highest BCUT2D eigenvalue weighted by Gasteiger charge is 2.35. The lowest BCUT2D eigenvalue weighted by molar-refractivity contribution is -0.131. The number of carbonyl (C=O) groups excluding carboxylic acids is 3. The first-order valence-corrected chi connectivity index (χ1v) is 18.0. The second-order valence-corrected chi connectivity index (χ2v) is 14.3. The van der Waals surface area contributed by atoms with E-state index in [1.165, 1.54) is 0 Å². The Kier molecular flexibility index (Phi) is 19.0. The van der Waals surface area contributed by atoms with E-state index in [4.69, 9.17) is 24.7 Å². The molecule has 1 fully saturated rings. The average molecular weight is 693 g/mol. The third kappa shape index (κ3) is 14.4. The van der Waals surface area contributed by atoms with Crippen molar-refractivity contribution in [2.45, 2.75) is 104 Å². The van der Waals surface area contributed by atoms with Crippen LogP contribution in [0.3, 0.4) is 0 Å². The lowest BCUT2D eigenvalue weighted by atomic mass is 9.80. The van der Waals surface area contributed by atoms with Crippen molar-refractivity contribution >= 4 is 17.7 Å². The summed E-state index contributed by atoms with van der Waals surface area (Å²) in [6, 6.07) is 4.40. The predicted octanol–water partition coefficient (Wildman–Crippen LogP) is 3.22. The molecule has 2 rings (SSSR count). The number of aliphatic hydroxyl groups is 1. The zero-order chi connectivity index (χ0) is 36.5. The smallest absolute Gasteiger partial charge is 0.243 e. The predicted molar refractivity (Wildman–Crippen MR) is 190 cm³/mol. The zero-order valence-electron chi connectivity index (χ0n) is 31.1. The summed E-state index contributed by atoms with van der Waals surface area (Å²) in [6.07, 6.45) is 2.51. The van der Waals surface area contributed by atoms with E-state index in [2.05, 4.69) is 29.8 Å². The molecule has 12 nitrogen and oxygen atoms in total. The molecule has 0 bridgehead atoms. The Morgan fingerprint density at radius 1 is 0.918 bits per heavy atom. The minimum atomic E-state index is -1.02. The molecule has 3 amide bonds. The molecule has 0 saturated carbocycles. The molecule has 12 heteroatoms. The minimum Gasteiger partial charge on any atom is -0.493 e. The van der Waals surface area contributed by atoms with Crippen LogP contribution < -0.4 is 31.2 Å². The Morgan fingerprint density at radius 3 is 2.18 bits per heavy atom. The van der Waals surface area contributed by atoms with Crippen molar-refractivity contribution in [2.75, 3.05) is 47.2 Å². The fourth-order valence-corrected chi connectivity index (χ4v) is 6.17. The van der Waals surface area contributed by atoms with Crippen molar-refractivity contribution in [3.05, 3.63) is 23.8 Å². The number of nitrogens with one attached hydrogen (secondary N) is 3. The summed E-state index contributed by atoms with van der Waals surface area (Å²) in [7, 11) is 3.27. The zero-order valence-corrected chi connectivity index (χ0v) is 31.1. The third-order valence-electron chi connectivity index (χ3n) is 9.42. The lowest BCUT2D eigenvalue weighted by Crippen LogP contribution is -2.56. The summed E-state index contributed by atoms with van der Waals surface area (Å²) >= 11 is 0. The van der Waals surface area contributed by atoms with Gasteiger partial charge in [-0.05, 0) is 73.5 Å². The maximum absolute atomic E-state index is 13.7. The quantitative estimate of drug-likeness (QED) is 0.115. The van der Waals surface area contributed by atoms with Crippen molar-refractivity contribution < 1.29 is 38.4 Å². The Hall–Kier alpha value is -2.93. The van der Waals surface area contributed by atoms with Crippen LogP contribution in [0.4, 0.5) is 0 Å². The van der Waals surface area contributed by atoms with Gasteiger partial charge in [-0.25, -0.2) is 0 Å². The van der Waals surface area contributed by atoms with Gasteiger partial charge in [0.2, 0.25) is 17.7 Å². The molecule has 1 aliphatic rings. The molecule has 1 aliphatic heterocycles. The maximum atomic E-state index is 13.7. The highest BCUT2D eigenvalue weighted by molar-refractivity contribution is 5.88. The highest BCUT2D eigenvalue weighted by atomic mass is 16.5. The Bertz CT molecular complexity index is 1140. The number of aliphatic hydroxyl groups excluding tert-OH is 1. The van der Waals surface area contributed by atoms with Gasteiger partial charge in [-0.2, -0.15) is 0 Å². The first-order valence-electron chi connectivity index (χ1n) is 18.0. The summed E-state index contributed by atoms with van der Waals surface area (Å²) < 4.78 is 22.2. The molecule has 1 aromatic carbocycles. The molecule has 1 heterocycles. The van der Waals surface area contributed by atoms with E-state index in [1.807, 2.05) is 45.9 Å². The number of methoxy groups -OCH3 is 2. The van der Waals surface area contributed by atoms with Gasteiger partial charge in [-0.3, -0.25) is 14.4 Å². The Balaban J connectivity index is 2.36. The van der Waals surface area contributed by atoms with Gasteiger partial charge in [0.1, 0.15) is 6.04 Å². The van der Waals surface area contributed by atoms with E-state index >= 15 is 0 Å². The molecule has 4 unspecified atom stereocenters. The van der Waals surface area contributed by atoms with E-state index in [9.17, 15) is 19.5 Å². The Morgan fingerprint density at radius 2 is 1.61 bits per heavy atom. The lowest BCUT2D eigenvalue weighted by Gasteiger charge is -2.34. The minimum absolute atomic E-state index is 0.0387. The van der Waals surface area contributed by atoms with E-state index in [0.29, 0.717) is 50.8 Å². The number of hydrogen-bond donors (Lipinski definition) is 5. The number of rotatable bonds is 22. The number of amides is 3. The second kappa shape index (κ2) is 22.0. The fraction of sp³-hybridized carbons (Fsp3) is 0.757. The van der Waals surface area contributed by atoms with Gasteiger partial charge < -0.3 is 45.7 Å². The van der Waals surface area contributed by atoms with Gasteiger partial charge in [0.05, 0.1) is 32.4 Å². The molecule has 6 N–H and O–H groups in total. The number of nitrogens with two attached hydrogens (primary N) is 1. The van der Waals surface area contributed by atoms with Crippen LogP contribution in [0, 0.1) is 29.6 Å². The number of hydrogen-bond acceptors (Lipinski definition) is 9. The SMILES string of the molecule is COCCCOc1cc(CC(CC(NC(=O)[C@@H](NC(=O)CN)C(C)C)C(O)CC(C(=O)NC2CCOCC2)C(C)C)C(C)C)ccc1OC. The van der Waals surface area contributed by atoms with Crippen LogP contribution in [0.2, 0.25) is 0 Å². The van der Waals surface area contributed by atoms with Crippen LogP contribution in [0.1, 0.15) is 79.2 Å². The van der Waals surface area contributed by atoms with Crippen molar-refractivity contribution in [3.8, 4) is 11.5 Å². The third-order valence-corrected chi connectivity index (χ3v) is 9.42. The molecule has 0 aromatic heterocycles. The van der Waals surface area contributed by atoms with Gasteiger partial charge in [0.25, 0.3) is 0 Å². The first kappa shape index (κ1) is 42.2. The van der Waals surface area contributed by atoms with Crippen LogP contribution in [-0.2, 0) is 30.3 Å². The summed E-state index contributed by atoms with van der Waals surface area (Å²) in [5, 5.41) is 20.8. The van der Waals surface area contributed by atoms with E-state index in [-0.39, 0.29) is 48.6 Å². The largest absolute Gasteiger partial charge is 0.493 e. The number of carbonyl (C=O) groups is 3. The van der Waals surface area contributed by atoms with Gasteiger partial charge in [0.15, 0.2) is 11.5 Å². The van der Waals surface area contributed by atoms with Crippen LogP contribution in [0.25, 0.3) is 0 Å². The molecule has 1 saturated heterocycles. The summed E-state index contributed by atoms with van der Waals surface area (Å²) in [5.74, 6) is -0.137. The van der Waals surface area contributed by atoms with Gasteiger partial charge in [-0.15, -0.1) is 0 Å². The van der Waals surface area contributed by atoms with E-state index < -0.39 is 35.9 Å². The van der Waals surface area contributed by atoms with Crippen LogP contribution in [0.15, 0.2) is 18.2 Å². The van der Waals surface area contributed by atoms with Crippen LogP contribution in [-0.4, -0.2) is 94.2 Å². The first-order chi connectivity index (χ1) is 23.3. The molecule has 0 aliphatic carbocycles. The second-order valence-electron chi connectivity index (χ2n) is 14.3. The molecule has 49 heavy (non-hydrogen) atoms. The summed E-state index contributed by atoms with van der Waals surface area (Å²) in [5.41, 5.74) is 6.57. The molecular weight excluding hydrogens is 628 g/mol. The van der Waals surface area contributed by atoms with Gasteiger partial charge in [0, 0.05) is 45.3 Å². The molecular formula is C37H64N4O8. The van der Waals surface area contributed by atoms with Crippen LogP contribution >= 0.6 is 0 Å². The molecule has 280 valence electrons. The monoisotopic (exact) mass is 692 g/mol. The van der Waals surface area contributed by atoms with Crippen molar-refractivity contribution in [1.82, 2.24) is 16.0 Å². The topological polar surface area (TPSA) is 170 Å². The molecule has 0 spiro atoms. The molecule has 5 atom stereocenters. The summed E-state index contributed by atoms with van der Waals surface area (Å²) in [4.78, 5) is 39.5. The molecule has 1 aromatic rings. The standard InChI is InChI=1S/C37H64N4O8/c1-23(2)27(18-26-10-11-32(47-8)33(19-26)49-15-9-14-46-7)20-30(40-37(45)35(25(5)6)41-34(43)22-38)31(42)21-29(24(3)4)36(44)39-28-12-16-48-17-13-28/h10-11,19,23-25,27-31,35,42H,9,12-18,20-22,38H2,1-8H3,(H,39,44)(H,40,45)(H,41,43)/t27?,29?,30?,31?,35-/m0/s1. The number of ether oxygens (including phenoxy) is 4. The Labute approximate surface area is 293 Å². The normalized spacial score (nSPS) is 16.9. The van der Waals surface area contributed by atoms with Crippen molar-refractivity contribution in [1.29, 1.82) is 0 Å². The maximum Gasteiger partial charge on any atom is 0.243 e. The van der Waals surface area contributed by atoms with Crippen LogP contribution in [0.5, 0.6) is 11.5 Å². The fourth-order valence-electron chi connectivity index (χ4n) is 6.17. The van der Waals surface area contributed by atoms with E-state index in [1.54, 1.807) is 14.2 Å². The van der Waals surface area contributed by atoms with Crippen molar-refractivity contribution in [3.63, 3.8) is 0 Å². The molecule has 0 radical (unpaired) electrons. The summed E-state index contributed by atoms with van der Waals surface area (Å²) in [6.45, 7) is 13.9. The van der Waals surface area contributed by atoms with Gasteiger partial charge >= 0.3 is 0 Å².